The van der Waals surface area contributed by atoms with Crippen molar-refractivity contribution < 1.29 is 22.8 Å². The Morgan fingerprint density at radius 2 is 1.75 bits per heavy atom. The van der Waals surface area contributed by atoms with Crippen LogP contribution in [0.1, 0.15) is 15.9 Å². The van der Waals surface area contributed by atoms with Gasteiger partial charge < -0.3 is 10.2 Å². The number of carbonyl (C=O) groups excluding carboxylic acids is 2. The Balaban J connectivity index is 1.90. The second kappa shape index (κ2) is 7.63. The van der Waals surface area contributed by atoms with Crippen molar-refractivity contribution in [3.05, 3.63) is 71.0 Å². The van der Waals surface area contributed by atoms with Gasteiger partial charge in [0.25, 0.3) is 5.91 Å². The first-order chi connectivity index (χ1) is 11.4. The highest BCUT2D eigenvalue weighted by Gasteiger charge is 2.14. The van der Waals surface area contributed by atoms with Crippen molar-refractivity contribution in [2.45, 2.75) is 6.54 Å². The zero-order valence-corrected chi connectivity index (χ0v) is 12.9. The maximum Gasteiger partial charge on any atom is 0.251 e. The zero-order chi connectivity index (χ0) is 17.7. The molecular weight excluding hydrogens is 321 g/mol. The monoisotopic (exact) mass is 336 g/mol. The summed E-state index contributed by atoms with van der Waals surface area (Å²) in [6.07, 6.45) is 0. The summed E-state index contributed by atoms with van der Waals surface area (Å²) < 4.78 is 39.5. The maximum absolute atomic E-state index is 13.6. The van der Waals surface area contributed by atoms with Gasteiger partial charge in [0.15, 0.2) is 0 Å². The van der Waals surface area contributed by atoms with Crippen LogP contribution in [0.25, 0.3) is 0 Å². The summed E-state index contributed by atoms with van der Waals surface area (Å²) in [5.74, 6) is -3.07. The number of nitrogens with zero attached hydrogens (tertiary/aromatic N) is 1. The molecule has 2 aromatic rings. The molecule has 2 amide bonds. The SMILES string of the molecule is CN(Cc1ccc(F)cc1F)C(=O)CNC(=O)c1cccc(F)c1. The van der Waals surface area contributed by atoms with Crippen LogP contribution in [0.2, 0.25) is 0 Å². The molecule has 0 atom stereocenters. The molecule has 0 aromatic heterocycles. The van der Waals surface area contributed by atoms with E-state index in [9.17, 15) is 22.8 Å². The molecule has 0 aliphatic rings. The van der Waals surface area contributed by atoms with E-state index in [2.05, 4.69) is 5.32 Å². The van der Waals surface area contributed by atoms with Crippen LogP contribution in [0, 0.1) is 17.5 Å². The van der Waals surface area contributed by atoms with Crippen LogP contribution in [0.15, 0.2) is 42.5 Å². The molecule has 0 aliphatic carbocycles. The van der Waals surface area contributed by atoms with Crippen LogP contribution in [0.4, 0.5) is 13.2 Å². The van der Waals surface area contributed by atoms with Gasteiger partial charge in [0.1, 0.15) is 17.5 Å². The minimum absolute atomic E-state index is 0.0687. The van der Waals surface area contributed by atoms with Crippen molar-refractivity contribution >= 4 is 11.8 Å². The van der Waals surface area contributed by atoms with E-state index in [-0.39, 0.29) is 24.2 Å². The first kappa shape index (κ1) is 17.5. The largest absolute Gasteiger partial charge is 0.343 e. The number of amides is 2. The summed E-state index contributed by atoms with van der Waals surface area (Å²) in [5, 5.41) is 2.37. The molecule has 0 fully saturated rings. The van der Waals surface area contributed by atoms with Crippen LogP contribution < -0.4 is 5.32 Å². The highest BCUT2D eigenvalue weighted by atomic mass is 19.1. The number of likely N-dealkylation sites (N-methyl/N-ethyl adjacent to an activating group) is 1. The zero-order valence-electron chi connectivity index (χ0n) is 12.9. The number of benzene rings is 2. The van der Waals surface area contributed by atoms with Gasteiger partial charge in [-0.25, -0.2) is 13.2 Å². The number of nitrogens with one attached hydrogen (secondary N) is 1. The van der Waals surface area contributed by atoms with E-state index < -0.39 is 29.3 Å². The van der Waals surface area contributed by atoms with Crippen LogP contribution in [-0.4, -0.2) is 30.3 Å². The van der Waals surface area contributed by atoms with Crippen LogP contribution in [0.3, 0.4) is 0 Å². The Morgan fingerprint density at radius 3 is 2.42 bits per heavy atom. The number of hydrogen-bond acceptors (Lipinski definition) is 2. The molecular formula is C17H15F3N2O2. The molecule has 24 heavy (non-hydrogen) atoms. The number of halogens is 3. The van der Waals surface area contributed by atoms with Gasteiger partial charge in [-0.3, -0.25) is 9.59 Å². The molecule has 0 heterocycles. The van der Waals surface area contributed by atoms with E-state index >= 15 is 0 Å². The predicted molar refractivity (Wildman–Crippen MR) is 81.6 cm³/mol. The van der Waals surface area contributed by atoms with Crippen molar-refractivity contribution in [3.63, 3.8) is 0 Å². The summed E-state index contributed by atoms with van der Waals surface area (Å²) in [5.41, 5.74) is 0.249. The molecule has 0 spiro atoms. The first-order valence-corrected chi connectivity index (χ1v) is 7.08. The quantitative estimate of drug-likeness (QED) is 0.912. The molecule has 0 radical (unpaired) electrons. The Kier molecular flexibility index (Phi) is 5.57. The van der Waals surface area contributed by atoms with Gasteiger partial charge >= 0.3 is 0 Å². The molecule has 1 N–H and O–H groups in total. The van der Waals surface area contributed by atoms with E-state index in [4.69, 9.17) is 0 Å². The van der Waals surface area contributed by atoms with Gasteiger partial charge in [-0.2, -0.15) is 0 Å². The third kappa shape index (κ3) is 4.58. The Labute approximate surface area is 136 Å². The van der Waals surface area contributed by atoms with Gasteiger partial charge in [0, 0.05) is 30.8 Å². The molecule has 7 heteroatoms. The predicted octanol–water partition coefficient (Wildman–Crippen LogP) is 2.49. The fraction of sp³-hybridized carbons (Fsp3) is 0.176. The third-order valence-corrected chi connectivity index (χ3v) is 3.34. The van der Waals surface area contributed by atoms with E-state index in [1.54, 1.807) is 0 Å². The van der Waals surface area contributed by atoms with Gasteiger partial charge in [-0.15, -0.1) is 0 Å². The first-order valence-electron chi connectivity index (χ1n) is 7.08. The molecule has 4 nitrogen and oxygen atoms in total. The maximum atomic E-state index is 13.6. The lowest BCUT2D eigenvalue weighted by Crippen LogP contribution is -2.38. The van der Waals surface area contributed by atoms with Gasteiger partial charge in [0.05, 0.1) is 6.54 Å². The van der Waals surface area contributed by atoms with Gasteiger partial charge in [-0.05, 0) is 24.3 Å². The smallest absolute Gasteiger partial charge is 0.251 e. The third-order valence-electron chi connectivity index (χ3n) is 3.34. The minimum atomic E-state index is -0.751. The van der Waals surface area contributed by atoms with Crippen LogP contribution >= 0.6 is 0 Å². The lowest BCUT2D eigenvalue weighted by atomic mass is 10.2. The van der Waals surface area contributed by atoms with Crippen molar-refractivity contribution in [2.75, 3.05) is 13.6 Å². The number of hydrogen-bond donors (Lipinski definition) is 1. The standard InChI is InChI=1S/C17H15F3N2O2/c1-22(10-12-5-6-14(19)8-15(12)20)16(23)9-21-17(24)11-3-2-4-13(18)7-11/h2-8H,9-10H2,1H3,(H,21,24). The van der Waals surface area contributed by atoms with E-state index in [1.807, 2.05) is 0 Å². The van der Waals surface area contributed by atoms with Crippen LogP contribution in [-0.2, 0) is 11.3 Å². The minimum Gasteiger partial charge on any atom is -0.343 e. The molecule has 2 aromatic carbocycles. The average molecular weight is 336 g/mol. The number of rotatable bonds is 5. The lowest BCUT2D eigenvalue weighted by molar-refractivity contribution is -0.129. The summed E-state index contributed by atoms with van der Waals surface area (Å²) in [6.45, 7) is -0.393. The number of carbonyl (C=O) groups is 2. The molecule has 2 rings (SSSR count). The molecule has 126 valence electrons. The van der Waals surface area contributed by atoms with Crippen molar-refractivity contribution in [1.82, 2.24) is 10.2 Å². The highest BCUT2D eigenvalue weighted by Crippen LogP contribution is 2.11. The van der Waals surface area contributed by atoms with Crippen LogP contribution in [0.5, 0.6) is 0 Å². The summed E-state index contributed by atoms with van der Waals surface area (Å²) in [6, 6.07) is 8.14. The molecule has 0 bridgehead atoms. The lowest BCUT2D eigenvalue weighted by Gasteiger charge is -2.18. The highest BCUT2D eigenvalue weighted by molar-refractivity contribution is 5.96. The fourth-order valence-corrected chi connectivity index (χ4v) is 2.02. The van der Waals surface area contributed by atoms with Crippen molar-refractivity contribution in [2.24, 2.45) is 0 Å². The van der Waals surface area contributed by atoms with Gasteiger partial charge in [-0.1, -0.05) is 12.1 Å². The molecule has 0 saturated carbocycles. The second-order valence-corrected chi connectivity index (χ2v) is 5.18. The summed E-state index contributed by atoms with van der Waals surface area (Å²) in [4.78, 5) is 25.0. The van der Waals surface area contributed by atoms with Crippen molar-refractivity contribution in [1.29, 1.82) is 0 Å². The Bertz CT molecular complexity index is 765. The van der Waals surface area contributed by atoms with E-state index in [1.165, 1.54) is 36.2 Å². The average Bonchev–Trinajstić information content (AvgIpc) is 2.54. The molecule has 0 unspecified atom stereocenters. The fourth-order valence-electron chi connectivity index (χ4n) is 2.02. The second-order valence-electron chi connectivity index (χ2n) is 5.18. The van der Waals surface area contributed by atoms with Crippen molar-refractivity contribution in [3.8, 4) is 0 Å². The Morgan fingerprint density at radius 1 is 1.04 bits per heavy atom. The topological polar surface area (TPSA) is 49.4 Å². The summed E-state index contributed by atoms with van der Waals surface area (Å²) in [7, 11) is 1.43. The van der Waals surface area contributed by atoms with E-state index in [0.29, 0.717) is 0 Å². The summed E-state index contributed by atoms with van der Waals surface area (Å²) >= 11 is 0. The normalized spacial score (nSPS) is 10.3. The Hall–Kier alpha value is -2.83. The van der Waals surface area contributed by atoms with E-state index in [0.717, 1.165) is 18.2 Å². The van der Waals surface area contributed by atoms with Gasteiger partial charge in [0.2, 0.25) is 5.91 Å². The molecule has 0 saturated heterocycles. The molecule has 0 aliphatic heterocycles.